The molecule has 0 spiro atoms. The number of benzene rings is 2. The summed E-state index contributed by atoms with van der Waals surface area (Å²) < 4.78 is 0.989. The van der Waals surface area contributed by atoms with E-state index in [0.717, 1.165) is 27.2 Å². The van der Waals surface area contributed by atoms with Gasteiger partial charge in [-0.1, -0.05) is 51.3 Å². The Balaban J connectivity index is 1.97. The van der Waals surface area contributed by atoms with E-state index in [-0.39, 0.29) is 6.04 Å². The highest BCUT2D eigenvalue weighted by atomic mass is 79.9. The van der Waals surface area contributed by atoms with Crippen LogP contribution in [0.1, 0.15) is 11.1 Å². The molecule has 0 radical (unpaired) electrons. The Kier molecular flexibility index (Phi) is 6.58. The highest BCUT2D eigenvalue weighted by Crippen LogP contribution is 2.25. The van der Waals surface area contributed by atoms with Crippen molar-refractivity contribution in [3.05, 3.63) is 63.1 Å². The molecule has 0 bridgehead atoms. The van der Waals surface area contributed by atoms with Crippen LogP contribution in [-0.2, 0) is 6.42 Å². The molecule has 0 aromatic heterocycles. The predicted octanol–water partition coefficient (Wildman–Crippen LogP) is 4.58. The predicted molar refractivity (Wildman–Crippen MR) is 95.9 cm³/mol. The monoisotopic (exact) mass is 384 g/mol. The van der Waals surface area contributed by atoms with Crippen molar-refractivity contribution in [1.29, 1.82) is 0 Å². The minimum atomic E-state index is 0.175. The van der Waals surface area contributed by atoms with Crippen molar-refractivity contribution in [2.45, 2.75) is 24.3 Å². The quantitative estimate of drug-likeness (QED) is 0.434. The molecule has 2 aromatic carbocycles. The second-order valence-corrected chi connectivity index (χ2v) is 7.35. The van der Waals surface area contributed by atoms with E-state index in [9.17, 15) is 0 Å². The lowest BCUT2D eigenvalue weighted by atomic mass is 10.1. The molecule has 21 heavy (non-hydrogen) atoms. The van der Waals surface area contributed by atoms with E-state index in [1.165, 1.54) is 10.5 Å². The topological polar surface area (TPSA) is 38.0 Å². The summed E-state index contributed by atoms with van der Waals surface area (Å²) in [7, 11) is 0. The normalized spacial score (nSPS) is 12.4. The fourth-order valence-corrected chi connectivity index (χ4v) is 3.82. The van der Waals surface area contributed by atoms with Crippen LogP contribution in [0.15, 0.2) is 51.8 Å². The summed E-state index contributed by atoms with van der Waals surface area (Å²) in [6.45, 7) is 2.10. The standard InChI is InChI=1S/C16H18BrClN2S/c1-11-3-2-4-15(7-11)21-10-14(20-19)8-12-5-6-13(17)9-16(12)18/h2-7,9,14,20H,8,10,19H2,1H3. The first kappa shape index (κ1) is 16.8. The molecule has 0 aliphatic rings. The third-order valence-electron chi connectivity index (χ3n) is 3.16. The van der Waals surface area contributed by atoms with Gasteiger partial charge in [-0.2, -0.15) is 0 Å². The van der Waals surface area contributed by atoms with Gasteiger partial charge in [0.1, 0.15) is 0 Å². The third kappa shape index (κ3) is 5.31. The molecule has 5 heteroatoms. The van der Waals surface area contributed by atoms with Gasteiger partial charge >= 0.3 is 0 Å². The smallest absolute Gasteiger partial charge is 0.0449 e. The van der Waals surface area contributed by atoms with Crippen molar-refractivity contribution < 1.29 is 0 Å². The number of rotatable bonds is 6. The van der Waals surface area contributed by atoms with E-state index in [0.29, 0.717) is 0 Å². The molecular formula is C16H18BrClN2S. The zero-order chi connectivity index (χ0) is 15.2. The van der Waals surface area contributed by atoms with E-state index in [2.05, 4.69) is 52.5 Å². The molecule has 1 unspecified atom stereocenters. The Morgan fingerprint density at radius 3 is 2.76 bits per heavy atom. The second kappa shape index (κ2) is 8.20. The summed E-state index contributed by atoms with van der Waals surface area (Å²) in [4.78, 5) is 1.26. The Morgan fingerprint density at radius 2 is 2.10 bits per heavy atom. The molecule has 0 saturated heterocycles. The number of hydrogen-bond donors (Lipinski definition) is 2. The zero-order valence-corrected chi connectivity index (χ0v) is 14.9. The number of aryl methyl sites for hydroxylation is 1. The number of hydrazine groups is 1. The first-order valence-electron chi connectivity index (χ1n) is 6.68. The molecule has 0 fully saturated rings. The third-order valence-corrected chi connectivity index (χ3v) is 5.16. The maximum Gasteiger partial charge on any atom is 0.0449 e. The lowest BCUT2D eigenvalue weighted by Gasteiger charge is -2.16. The first-order chi connectivity index (χ1) is 10.1. The van der Waals surface area contributed by atoms with Crippen LogP contribution in [0.4, 0.5) is 0 Å². The maximum atomic E-state index is 6.26. The van der Waals surface area contributed by atoms with Gasteiger partial charge in [0, 0.05) is 26.2 Å². The molecular weight excluding hydrogens is 368 g/mol. The van der Waals surface area contributed by atoms with Gasteiger partial charge in [0.25, 0.3) is 0 Å². The lowest BCUT2D eigenvalue weighted by Crippen LogP contribution is -2.38. The van der Waals surface area contributed by atoms with E-state index in [4.69, 9.17) is 17.4 Å². The molecule has 2 rings (SSSR count). The Morgan fingerprint density at radius 1 is 1.29 bits per heavy atom. The van der Waals surface area contributed by atoms with E-state index in [1.807, 2.05) is 18.2 Å². The largest absolute Gasteiger partial charge is 0.271 e. The number of thioether (sulfide) groups is 1. The van der Waals surface area contributed by atoms with E-state index in [1.54, 1.807) is 11.8 Å². The average Bonchev–Trinajstić information content (AvgIpc) is 2.45. The van der Waals surface area contributed by atoms with Gasteiger partial charge in [0.15, 0.2) is 0 Å². The molecule has 0 aliphatic heterocycles. The van der Waals surface area contributed by atoms with Crippen LogP contribution >= 0.6 is 39.3 Å². The van der Waals surface area contributed by atoms with Crippen LogP contribution in [-0.4, -0.2) is 11.8 Å². The number of nitrogens with two attached hydrogens (primary N) is 1. The van der Waals surface area contributed by atoms with Gasteiger partial charge < -0.3 is 0 Å². The fraction of sp³-hybridized carbons (Fsp3) is 0.250. The van der Waals surface area contributed by atoms with Crippen LogP contribution in [0.5, 0.6) is 0 Å². The van der Waals surface area contributed by atoms with Crippen molar-refractivity contribution in [1.82, 2.24) is 5.43 Å². The summed E-state index contributed by atoms with van der Waals surface area (Å²) in [5.74, 6) is 6.57. The molecule has 2 aromatic rings. The summed E-state index contributed by atoms with van der Waals surface area (Å²) in [5, 5.41) is 0.769. The van der Waals surface area contributed by atoms with Crippen molar-refractivity contribution in [2.24, 2.45) is 5.84 Å². The van der Waals surface area contributed by atoms with Crippen molar-refractivity contribution >= 4 is 39.3 Å². The molecule has 1 atom stereocenters. The van der Waals surface area contributed by atoms with Gasteiger partial charge in [-0.3, -0.25) is 11.3 Å². The van der Waals surface area contributed by atoms with Crippen LogP contribution in [0.25, 0.3) is 0 Å². The highest BCUT2D eigenvalue weighted by Gasteiger charge is 2.11. The number of nitrogens with one attached hydrogen (secondary N) is 1. The molecule has 0 saturated carbocycles. The second-order valence-electron chi connectivity index (χ2n) is 4.93. The first-order valence-corrected chi connectivity index (χ1v) is 8.83. The fourth-order valence-electron chi connectivity index (χ4n) is 2.02. The van der Waals surface area contributed by atoms with Gasteiger partial charge in [0.05, 0.1) is 0 Å². The SMILES string of the molecule is Cc1cccc(SCC(Cc2ccc(Br)cc2Cl)NN)c1. The van der Waals surface area contributed by atoms with Crippen molar-refractivity contribution in [3.8, 4) is 0 Å². The minimum Gasteiger partial charge on any atom is -0.271 e. The Hall–Kier alpha value is -0.520. The molecule has 112 valence electrons. The van der Waals surface area contributed by atoms with Gasteiger partial charge in [-0.05, 0) is 43.2 Å². The summed E-state index contributed by atoms with van der Waals surface area (Å²) >= 11 is 11.5. The van der Waals surface area contributed by atoms with Crippen LogP contribution in [0.2, 0.25) is 5.02 Å². The molecule has 0 heterocycles. The lowest BCUT2D eigenvalue weighted by molar-refractivity contribution is 0.575. The summed E-state index contributed by atoms with van der Waals surface area (Å²) in [6.07, 6.45) is 0.807. The Bertz CT molecular complexity index is 607. The number of hydrogen-bond acceptors (Lipinski definition) is 3. The maximum absolute atomic E-state index is 6.26. The van der Waals surface area contributed by atoms with E-state index < -0.39 is 0 Å². The Labute approximate surface area is 143 Å². The minimum absolute atomic E-state index is 0.175. The van der Waals surface area contributed by atoms with Gasteiger partial charge in [-0.25, -0.2) is 0 Å². The van der Waals surface area contributed by atoms with Crippen LogP contribution in [0.3, 0.4) is 0 Å². The summed E-state index contributed by atoms with van der Waals surface area (Å²) in [6, 6.07) is 14.6. The number of halogens is 2. The van der Waals surface area contributed by atoms with Gasteiger partial charge in [-0.15, -0.1) is 11.8 Å². The average molecular weight is 386 g/mol. The van der Waals surface area contributed by atoms with Crippen molar-refractivity contribution in [3.63, 3.8) is 0 Å². The zero-order valence-electron chi connectivity index (χ0n) is 11.8. The molecule has 0 amide bonds. The van der Waals surface area contributed by atoms with Crippen LogP contribution in [0, 0.1) is 6.92 Å². The van der Waals surface area contributed by atoms with Crippen molar-refractivity contribution in [2.75, 3.05) is 5.75 Å². The molecule has 0 aliphatic carbocycles. The van der Waals surface area contributed by atoms with E-state index >= 15 is 0 Å². The summed E-state index contributed by atoms with van der Waals surface area (Å²) in [5.41, 5.74) is 5.26. The van der Waals surface area contributed by atoms with Crippen LogP contribution < -0.4 is 11.3 Å². The van der Waals surface area contributed by atoms with Gasteiger partial charge in [0.2, 0.25) is 0 Å². The highest BCUT2D eigenvalue weighted by molar-refractivity contribution is 9.10. The molecule has 2 nitrogen and oxygen atoms in total. The molecule has 3 N–H and O–H groups in total.